The van der Waals surface area contributed by atoms with Gasteiger partial charge in [0.2, 0.25) is 0 Å². The molecule has 1 heterocycles. The summed E-state index contributed by atoms with van der Waals surface area (Å²) in [6, 6.07) is 12.3. The van der Waals surface area contributed by atoms with Crippen molar-refractivity contribution in [3.05, 3.63) is 69.3 Å². The fraction of sp³-hybridized carbons (Fsp3) is 0.0556. The van der Waals surface area contributed by atoms with E-state index in [4.69, 9.17) is 11.6 Å². The first-order valence-electron chi connectivity index (χ1n) is 7.65. The summed E-state index contributed by atoms with van der Waals surface area (Å²) in [4.78, 5) is 26.9. The lowest BCUT2D eigenvalue weighted by Gasteiger charge is -2.04. The summed E-state index contributed by atoms with van der Waals surface area (Å²) in [5.74, 6) is -0.814. The second-order valence-corrected chi connectivity index (χ2v) is 6.77. The van der Waals surface area contributed by atoms with Gasteiger partial charge < -0.3 is 10.3 Å². The van der Waals surface area contributed by atoms with E-state index in [-0.39, 0.29) is 12.5 Å². The van der Waals surface area contributed by atoms with Crippen molar-refractivity contribution in [3.8, 4) is 0 Å². The van der Waals surface area contributed by atoms with Gasteiger partial charge in [-0.1, -0.05) is 33.6 Å². The Bertz CT molecular complexity index is 1000. The Morgan fingerprint density at radius 1 is 1.23 bits per heavy atom. The highest BCUT2D eigenvalue weighted by atomic mass is 79.9. The van der Waals surface area contributed by atoms with Gasteiger partial charge in [0, 0.05) is 37.7 Å². The Balaban J connectivity index is 1.54. The number of halogens is 2. The number of hydrazone groups is 1. The summed E-state index contributed by atoms with van der Waals surface area (Å²) in [5, 5.41) is 7.87. The number of rotatable bonds is 5. The summed E-state index contributed by atoms with van der Waals surface area (Å²) in [7, 11) is 0. The maximum atomic E-state index is 11.9. The lowest BCUT2D eigenvalue weighted by molar-refractivity contribution is -0.120. The minimum absolute atomic E-state index is 0.192. The number of H-pyrrole nitrogens is 1. The molecule has 0 saturated carbocycles. The fourth-order valence-corrected chi connectivity index (χ4v) is 2.88. The van der Waals surface area contributed by atoms with Crippen LogP contribution in [0.2, 0.25) is 5.02 Å². The van der Waals surface area contributed by atoms with Crippen LogP contribution in [0.3, 0.4) is 0 Å². The molecular weight excluding hydrogens is 420 g/mol. The van der Waals surface area contributed by atoms with E-state index >= 15 is 0 Å². The number of hydrogen-bond acceptors (Lipinski definition) is 3. The normalized spacial score (nSPS) is 11.0. The molecule has 132 valence electrons. The van der Waals surface area contributed by atoms with Crippen molar-refractivity contribution < 1.29 is 9.59 Å². The van der Waals surface area contributed by atoms with Gasteiger partial charge in [-0.2, -0.15) is 5.10 Å². The van der Waals surface area contributed by atoms with Crippen LogP contribution >= 0.6 is 27.5 Å². The maximum Gasteiger partial charge on any atom is 0.259 e. The first kappa shape index (κ1) is 18.2. The number of aromatic nitrogens is 1. The number of amides is 2. The van der Waals surface area contributed by atoms with Gasteiger partial charge in [-0.25, -0.2) is 5.43 Å². The van der Waals surface area contributed by atoms with Crippen LogP contribution in [0.25, 0.3) is 10.9 Å². The Labute approximate surface area is 162 Å². The number of hydrogen-bond donors (Lipinski definition) is 3. The summed E-state index contributed by atoms with van der Waals surface area (Å²) >= 11 is 9.26. The number of carbonyl (C=O) groups is 2. The molecule has 0 atom stereocenters. The topological polar surface area (TPSA) is 86.3 Å². The molecule has 2 amide bonds. The molecule has 0 aliphatic heterocycles. The lowest BCUT2D eigenvalue weighted by Crippen LogP contribution is -2.34. The lowest BCUT2D eigenvalue weighted by atomic mass is 10.2. The highest BCUT2D eigenvalue weighted by molar-refractivity contribution is 9.10. The molecule has 0 aliphatic carbocycles. The van der Waals surface area contributed by atoms with Crippen LogP contribution in [0.5, 0.6) is 0 Å². The van der Waals surface area contributed by atoms with E-state index in [1.165, 1.54) is 6.07 Å². The third-order valence-corrected chi connectivity index (χ3v) is 4.29. The van der Waals surface area contributed by atoms with E-state index in [0.29, 0.717) is 10.6 Å². The second-order valence-electron chi connectivity index (χ2n) is 5.42. The van der Waals surface area contributed by atoms with Crippen molar-refractivity contribution in [1.82, 2.24) is 15.7 Å². The molecule has 0 unspecified atom stereocenters. The minimum Gasteiger partial charge on any atom is -0.361 e. The van der Waals surface area contributed by atoms with E-state index in [2.05, 4.69) is 36.8 Å². The molecule has 2 aromatic carbocycles. The number of carbonyl (C=O) groups excluding carboxylic acids is 2. The van der Waals surface area contributed by atoms with Crippen LogP contribution in [0.1, 0.15) is 15.9 Å². The minimum atomic E-state index is -0.433. The zero-order valence-corrected chi connectivity index (χ0v) is 15.8. The molecule has 3 rings (SSSR count). The summed E-state index contributed by atoms with van der Waals surface area (Å²) < 4.78 is 0.951. The van der Waals surface area contributed by atoms with Crippen LogP contribution in [0.4, 0.5) is 0 Å². The standard InChI is InChI=1S/C18H14BrClN4O2/c19-13-4-5-16-15(7-13)12(8-21-16)9-23-24-17(25)10-22-18(26)11-2-1-3-14(20)6-11/h1-9,21H,10H2,(H,22,26)(H,24,25)/b23-9+. The SMILES string of the molecule is O=C(CNC(=O)c1cccc(Cl)c1)N/N=C/c1c[nH]c2ccc(Br)cc12. The molecule has 0 aliphatic rings. The van der Waals surface area contributed by atoms with Crippen LogP contribution < -0.4 is 10.7 Å². The highest BCUT2D eigenvalue weighted by Crippen LogP contribution is 2.21. The largest absolute Gasteiger partial charge is 0.361 e. The summed E-state index contributed by atoms with van der Waals surface area (Å²) in [5.41, 5.74) is 4.57. The van der Waals surface area contributed by atoms with Crippen molar-refractivity contribution in [2.24, 2.45) is 5.10 Å². The van der Waals surface area contributed by atoms with Gasteiger partial charge in [-0.15, -0.1) is 0 Å². The molecule has 0 bridgehead atoms. The van der Waals surface area contributed by atoms with Crippen molar-refractivity contribution in [2.45, 2.75) is 0 Å². The number of nitrogens with one attached hydrogen (secondary N) is 3. The predicted molar refractivity (Wildman–Crippen MR) is 106 cm³/mol. The fourth-order valence-electron chi connectivity index (χ4n) is 2.33. The van der Waals surface area contributed by atoms with E-state index in [1.807, 2.05) is 18.2 Å². The van der Waals surface area contributed by atoms with Gasteiger partial charge >= 0.3 is 0 Å². The molecule has 3 aromatic rings. The number of aromatic amines is 1. The molecule has 1 aromatic heterocycles. The van der Waals surface area contributed by atoms with Gasteiger partial charge in [0.1, 0.15) is 0 Å². The maximum absolute atomic E-state index is 11.9. The molecule has 8 heteroatoms. The second kappa shape index (κ2) is 8.16. The van der Waals surface area contributed by atoms with Gasteiger partial charge in [0.05, 0.1) is 12.8 Å². The predicted octanol–water partition coefficient (Wildman–Crippen LogP) is 3.46. The average Bonchev–Trinajstić information content (AvgIpc) is 3.02. The third kappa shape index (κ3) is 4.50. The Kier molecular flexibility index (Phi) is 5.70. The zero-order valence-electron chi connectivity index (χ0n) is 13.4. The smallest absolute Gasteiger partial charge is 0.259 e. The molecule has 0 spiro atoms. The third-order valence-electron chi connectivity index (χ3n) is 3.56. The van der Waals surface area contributed by atoms with Gasteiger partial charge in [0.25, 0.3) is 11.8 Å². The van der Waals surface area contributed by atoms with Crippen molar-refractivity contribution in [2.75, 3.05) is 6.54 Å². The first-order chi connectivity index (χ1) is 12.5. The van der Waals surface area contributed by atoms with E-state index < -0.39 is 5.91 Å². The Morgan fingerprint density at radius 3 is 2.88 bits per heavy atom. The molecule has 0 radical (unpaired) electrons. The van der Waals surface area contributed by atoms with E-state index in [9.17, 15) is 9.59 Å². The van der Waals surface area contributed by atoms with Crippen molar-refractivity contribution in [1.29, 1.82) is 0 Å². The zero-order chi connectivity index (χ0) is 18.5. The Morgan fingerprint density at radius 2 is 2.08 bits per heavy atom. The first-order valence-corrected chi connectivity index (χ1v) is 8.82. The van der Waals surface area contributed by atoms with E-state index in [0.717, 1.165) is 20.9 Å². The van der Waals surface area contributed by atoms with Gasteiger partial charge in [0.15, 0.2) is 0 Å². The van der Waals surface area contributed by atoms with Crippen molar-refractivity contribution >= 4 is 56.5 Å². The number of fused-ring (bicyclic) bond motifs is 1. The van der Waals surface area contributed by atoms with Gasteiger partial charge in [-0.3, -0.25) is 9.59 Å². The van der Waals surface area contributed by atoms with Crippen LogP contribution in [-0.2, 0) is 4.79 Å². The number of nitrogens with zero attached hydrogens (tertiary/aromatic N) is 1. The number of benzene rings is 2. The quantitative estimate of drug-likeness (QED) is 0.425. The average molecular weight is 434 g/mol. The van der Waals surface area contributed by atoms with E-state index in [1.54, 1.807) is 30.6 Å². The summed E-state index contributed by atoms with van der Waals surface area (Å²) in [6.07, 6.45) is 3.34. The molecule has 0 saturated heterocycles. The molecule has 3 N–H and O–H groups in total. The van der Waals surface area contributed by atoms with Gasteiger partial charge in [-0.05, 0) is 36.4 Å². The van der Waals surface area contributed by atoms with Crippen LogP contribution in [-0.4, -0.2) is 29.6 Å². The Hall–Kier alpha value is -2.64. The molecular formula is C18H14BrClN4O2. The molecule has 26 heavy (non-hydrogen) atoms. The van der Waals surface area contributed by atoms with Crippen molar-refractivity contribution in [3.63, 3.8) is 0 Å². The van der Waals surface area contributed by atoms with Crippen LogP contribution in [0, 0.1) is 0 Å². The monoisotopic (exact) mass is 432 g/mol. The summed E-state index contributed by atoms with van der Waals surface area (Å²) in [6.45, 7) is -0.192. The molecule has 6 nitrogen and oxygen atoms in total. The van der Waals surface area contributed by atoms with Crippen LogP contribution in [0.15, 0.2) is 58.2 Å². The molecule has 0 fully saturated rings. The highest BCUT2D eigenvalue weighted by Gasteiger charge is 2.08.